The second-order valence-electron chi connectivity index (χ2n) is 8.00. The van der Waals surface area contributed by atoms with E-state index in [4.69, 9.17) is 0 Å². The second-order valence-corrected chi connectivity index (χ2v) is 8.00. The van der Waals surface area contributed by atoms with E-state index in [2.05, 4.69) is 10.4 Å². The van der Waals surface area contributed by atoms with E-state index in [0.29, 0.717) is 24.0 Å². The van der Waals surface area contributed by atoms with Crippen molar-refractivity contribution >= 4 is 11.4 Å². The van der Waals surface area contributed by atoms with Gasteiger partial charge in [-0.1, -0.05) is 6.07 Å². The summed E-state index contributed by atoms with van der Waals surface area (Å²) in [4.78, 5) is 12.9. The van der Waals surface area contributed by atoms with Crippen molar-refractivity contribution < 1.29 is 9.90 Å². The number of carbonyl (C=O) groups excluding carboxylic acids is 1. The van der Waals surface area contributed by atoms with Gasteiger partial charge in [-0.2, -0.15) is 5.10 Å². The number of hydrogen-bond acceptors (Lipinski definition) is 3. The van der Waals surface area contributed by atoms with E-state index in [1.807, 2.05) is 24.3 Å². The highest BCUT2D eigenvalue weighted by molar-refractivity contribution is 5.93. The van der Waals surface area contributed by atoms with E-state index in [9.17, 15) is 9.90 Å². The molecule has 120 valence electrons. The Hall–Kier alpha value is -1.88. The van der Waals surface area contributed by atoms with Gasteiger partial charge in [-0.3, -0.25) is 4.79 Å². The van der Waals surface area contributed by atoms with Gasteiger partial charge in [0.15, 0.2) is 0 Å². The van der Waals surface area contributed by atoms with Crippen LogP contribution in [0.4, 0.5) is 0 Å². The van der Waals surface area contributed by atoms with Crippen molar-refractivity contribution in [2.75, 3.05) is 0 Å². The molecule has 0 saturated heterocycles. The number of pyridine rings is 1. The molecule has 4 aliphatic carbocycles. The van der Waals surface area contributed by atoms with Gasteiger partial charge < -0.3 is 10.4 Å². The fraction of sp³-hybridized carbons (Fsp3) is 0.556. The predicted octanol–water partition coefficient (Wildman–Crippen LogP) is 2.15. The summed E-state index contributed by atoms with van der Waals surface area (Å²) in [5.74, 6) is 1.04. The average molecular weight is 311 g/mol. The fourth-order valence-electron chi connectivity index (χ4n) is 5.79. The molecule has 2 unspecified atom stereocenters. The lowest BCUT2D eigenvalue weighted by molar-refractivity contribution is -0.139. The lowest BCUT2D eigenvalue weighted by Gasteiger charge is -2.60. The molecular formula is C18H21N3O2. The van der Waals surface area contributed by atoms with Crippen molar-refractivity contribution in [3.8, 4) is 0 Å². The minimum Gasteiger partial charge on any atom is -0.390 e. The van der Waals surface area contributed by atoms with Crippen LogP contribution in [-0.2, 0) is 0 Å². The molecule has 4 fully saturated rings. The summed E-state index contributed by atoms with van der Waals surface area (Å²) < 4.78 is 1.69. The van der Waals surface area contributed by atoms with Gasteiger partial charge in [-0.05, 0) is 68.6 Å². The van der Waals surface area contributed by atoms with Crippen LogP contribution >= 0.6 is 0 Å². The Morgan fingerprint density at radius 2 is 2.00 bits per heavy atom. The third kappa shape index (κ3) is 2.02. The summed E-state index contributed by atoms with van der Waals surface area (Å²) in [5.41, 5.74) is 0.692. The summed E-state index contributed by atoms with van der Waals surface area (Å²) in [7, 11) is 0. The summed E-state index contributed by atoms with van der Waals surface area (Å²) in [5, 5.41) is 18.4. The molecule has 6 rings (SSSR count). The molecule has 0 radical (unpaired) electrons. The Labute approximate surface area is 134 Å². The molecule has 23 heavy (non-hydrogen) atoms. The number of nitrogens with zero attached hydrogens (tertiary/aromatic N) is 2. The second kappa shape index (κ2) is 4.35. The van der Waals surface area contributed by atoms with E-state index in [1.165, 1.54) is 6.42 Å². The highest BCUT2D eigenvalue weighted by atomic mass is 16.3. The van der Waals surface area contributed by atoms with Crippen molar-refractivity contribution in [2.24, 2.45) is 11.8 Å². The molecule has 1 amide bonds. The van der Waals surface area contributed by atoms with Crippen LogP contribution in [0.1, 0.15) is 49.0 Å². The topological polar surface area (TPSA) is 66.6 Å². The van der Waals surface area contributed by atoms with Crippen molar-refractivity contribution in [1.82, 2.24) is 14.9 Å². The normalized spacial score (nSPS) is 38.1. The number of carbonyl (C=O) groups is 1. The standard InChI is InChI=1S/C18H21N3O2/c22-16(15-3-1-2-14-4-5-19-21(14)15)20-17-7-12-6-13(8-17)10-18(23,9-12)11-17/h1-5,12-13,23H,6-11H2,(H,20,22). The van der Waals surface area contributed by atoms with Gasteiger partial charge in [0.05, 0.1) is 17.3 Å². The van der Waals surface area contributed by atoms with Gasteiger partial charge >= 0.3 is 0 Å². The zero-order chi connectivity index (χ0) is 15.7. The van der Waals surface area contributed by atoms with Gasteiger partial charge in [-0.15, -0.1) is 0 Å². The molecular weight excluding hydrogens is 290 g/mol. The molecule has 2 atom stereocenters. The van der Waals surface area contributed by atoms with Crippen LogP contribution in [0.25, 0.3) is 5.52 Å². The average Bonchev–Trinajstić information content (AvgIpc) is 2.91. The van der Waals surface area contributed by atoms with Gasteiger partial charge in [0.25, 0.3) is 5.91 Å². The first-order valence-corrected chi connectivity index (χ1v) is 8.52. The molecule has 5 nitrogen and oxygen atoms in total. The maximum absolute atomic E-state index is 12.9. The minimum absolute atomic E-state index is 0.0788. The van der Waals surface area contributed by atoms with Gasteiger partial charge in [0, 0.05) is 5.54 Å². The summed E-state index contributed by atoms with van der Waals surface area (Å²) >= 11 is 0. The molecule has 2 aromatic rings. The number of hydrogen-bond donors (Lipinski definition) is 2. The Balaban J connectivity index is 1.47. The van der Waals surface area contributed by atoms with Gasteiger partial charge in [0.2, 0.25) is 0 Å². The quantitative estimate of drug-likeness (QED) is 0.893. The molecule has 2 aromatic heterocycles. The molecule has 0 aromatic carbocycles. The maximum Gasteiger partial charge on any atom is 0.270 e. The number of rotatable bonds is 2. The number of aromatic nitrogens is 2. The van der Waals surface area contributed by atoms with Crippen LogP contribution in [0.15, 0.2) is 30.5 Å². The van der Waals surface area contributed by atoms with Crippen molar-refractivity contribution in [1.29, 1.82) is 0 Å². The predicted molar refractivity (Wildman–Crippen MR) is 85.0 cm³/mol. The molecule has 4 bridgehead atoms. The molecule has 5 heteroatoms. The van der Waals surface area contributed by atoms with E-state index in [0.717, 1.165) is 31.2 Å². The van der Waals surface area contributed by atoms with Crippen LogP contribution < -0.4 is 5.32 Å². The summed E-state index contributed by atoms with van der Waals surface area (Å²) in [6, 6.07) is 7.53. The van der Waals surface area contributed by atoms with Gasteiger partial charge in [-0.25, -0.2) is 4.52 Å². The van der Waals surface area contributed by atoms with Crippen LogP contribution in [0.2, 0.25) is 0 Å². The molecule has 2 N–H and O–H groups in total. The molecule has 0 spiro atoms. The van der Waals surface area contributed by atoms with E-state index < -0.39 is 5.60 Å². The summed E-state index contributed by atoms with van der Waals surface area (Å²) in [6.07, 6.45) is 7.47. The first-order valence-electron chi connectivity index (χ1n) is 8.52. The van der Waals surface area contributed by atoms with Crippen molar-refractivity contribution in [3.63, 3.8) is 0 Å². The van der Waals surface area contributed by atoms with E-state index in [1.54, 1.807) is 10.7 Å². The first kappa shape index (κ1) is 13.5. The highest BCUT2D eigenvalue weighted by Crippen LogP contribution is 2.57. The first-order chi connectivity index (χ1) is 11.0. The van der Waals surface area contributed by atoms with Crippen LogP contribution in [0.5, 0.6) is 0 Å². The third-order valence-electron chi connectivity index (χ3n) is 6.06. The molecule has 2 heterocycles. The number of amides is 1. The number of nitrogens with one attached hydrogen (secondary N) is 1. The fourth-order valence-corrected chi connectivity index (χ4v) is 5.79. The van der Waals surface area contributed by atoms with E-state index in [-0.39, 0.29) is 11.4 Å². The number of fused-ring (bicyclic) bond motifs is 1. The molecule has 0 aliphatic heterocycles. The molecule has 4 aliphatic rings. The lowest BCUT2D eigenvalue weighted by atomic mass is 9.51. The van der Waals surface area contributed by atoms with Crippen LogP contribution in [0.3, 0.4) is 0 Å². The largest absolute Gasteiger partial charge is 0.390 e. The number of aliphatic hydroxyl groups is 1. The summed E-state index contributed by atoms with van der Waals surface area (Å²) in [6.45, 7) is 0. The highest BCUT2D eigenvalue weighted by Gasteiger charge is 2.57. The minimum atomic E-state index is -0.560. The van der Waals surface area contributed by atoms with Crippen LogP contribution in [-0.4, -0.2) is 31.8 Å². The van der Waals surface area contributed by atoms with Crippen LogP contribution in [0, 0.1) is 11.8 Å². The third-order valence-corrected chi connectivity index (χ3v) is 6.06. The maximum atomic E-state index is 12.9. The lowest BCUT2D eigenvalue weighted by Crippen LogP contribution is -2.65. The smallest absolute Gasteiger partial charge is 0.270 e. The Bertz CT molecular complexity index is 782. The Morgan fingerprint density at radius 3 is 2.74 bits per heavy atom. The zero-order valence-corrected chi connectivity index (χ0v) is 13.0. The molecule has 4 saturated carbocycles. The van der Waals surface area contributed by atoms with E-state index >= 15 is 0 Å². The van der Waals surface area contributed by atoms with Gasteiger partial charge in [0.1, 0.15) is 5.69 Å². The Kier molecular flexibility index (Phi) is 2.56. The van der Waals surface area contributed by atoms with Crippen molar-refractivity contribution in [2.45, 2.75) is 49.7 Å². The van der Waals surface area contributed by atoms with Crippen molar-refractivity contribution in [3.05, 3.63) is 36.2 Å². The Morgan fingerprint density at radius 1 is 1.22 bits per heavy atom. The SMILES string of the molecule is O=C(NC12CC3CC(CC(O)(C3)C1)C2)c1cccc2ccnn12. The monoisotopic (exact) mass is 311 g/mol. The zero-order valence-electron chi connectivity index (χ0n) is 13.0.